The predicted octanol–water partition coefficient (Wildman–Crippen LogP) is 7.18. The van der Waals surface area contributed by atoms with E-state index in [1.165, 1.54) is 57.4 Å². The van der Waals surface area contributed by atoms with Gasteiger partial charge >= 0.3 is 188 Å². The van der Waals surface area contributed by atoms with Gasteiger partial charge in [0.15, 0.2) is 0 Å². The van der Waals surface area contributed by atoms with E-state index < -0.39 is 29.4 Å². The van der Waals surface area contributed by atoms with E-state index in [0.717, 1.165) is 5.75 Å². The maximum absolute atomic E-state index is 13.2. The summed E-state index contributed by atoms with van der Waals surface area (Å²) in [5, 5.41) is 0. The summed E-state index contributed by atoms with van der Waals surface area (Å²) in [5.74, 6) is 0.890. The van der Waals surface area contributed by atoms with Gasteiger partial charge in [0.05, 0.1) is 0 Å². The third kappa shape index (κ3) is 8.53. The third-order valence-electron chi connectivity index (χ3n) is 5.93. The Labute approximate surface area is 187 Å². The molecule has 1 unspecified atom stereocenters. The average Bonchev–Trinajstić information content (AvgIpc) is 2.71. The molecule has 29 heavy (non-hydrogen) atoms. The van der Waals surface area contributed by atoms with E-state index >= 15 is 0 Å². The van der Waals surface area contributed by atoms with Crippen LogP contribution in [-0.4, -0.2) is 34.4 Å². The van der Waals surface area contributed by atoms with Crippen molar-refractivity contribution in [3.63, 3.8) is 0 Å². The summed E-state index contributed by atoms with van der Waals surface area (Å²) in [6, 6.07) is 8.57. The molecular formula is C24H45NO2SSn. The standard InChI is InChI=1S/C12H18NO2S.3C4H9.Sn/c1-12(2,3)16(14)13-9-10-5-7-11(15-4)8-6-10;3*1-3-4-2;/h5-9,13H,1-4H3;3*1,3-4H2,2H3;. The van der Waals surface area contributed by atoms with Gasteiger partial charge in [0.2, 0.25) is 0 Å². The molecule has 0 spiro atoms. The minimum atomic E-state index is -2.70. The van der Waals surface area contributed by atoms with Gasteiger partial charge in [0, 0.05) is 0 Å². The molecule has 1 rings (SSSR count). The molecule has 0 heterocycles. The molecule has 0 aromatic heterocycles. The van der Waals surface area contributed by atoms with Crippen LogP contribution in [0.1, 0.15) is 89.7 Å². The molecule has 0 aliphatic rings. The zero-order valence-electron chi connectivity index (χ0n) is 20.0. The van der Waals surface area contributed by atoms with E-state index in [2.05, 4.69) is 70.5 Å². The third-order valence-corrected chi connectivity index (χ3v) is 24.5. The molecule has 0 aliphatic carbocycles. The van der Waals surface area contributed by atoms with Crippen LogP contribution in [0.25, 0.3) is 0 Å². The van der Waals surface area contributed by atoms with Crippen molar-refractivity contribution >= 4 is 29.4 Å². The van der Waals surface area contributed by atoms with Crippen molar-refractivity contribution in [1.82, 2.24) is 4.72 Å². The molecule has 0 bridgehead atoms. The number of nitrogens with one attached hydrogen (secondary N) is 1. The summed E-state index contributed by atoms with van der Waals surface area (Å²) < 4.78 is 26.5. The fourth-order valence-electron chi connectivity index (χ4n) is 4.02. The first-order chi connectivity index (χ1) is 13.7. The van der Waals surface area contributed by atoms with E-state index in [4.69, 9.17) is 4.74 Å². The van der Waals surface area contributed by atoms with Crippen LogP contribution in [0.15, 0.2) is 24.3 Å². The zero-order chi connectivity index (χ0) is 21.9. The van der Waals surface area contributed by atoms with Crippen LogP contribution < -0.4 is 9.46 Å². The van der Waals surface area contributed by atoms with E-state index in [9.17, 15) is 4.21 Å². The number of benzene rings is 1. The van der Waals surface area contributed by atoms with Gasteiger partial charge in [-0.15, -0.1) is 0 Å². The van der Waals surface area contributed by atoms with Crippen molar-refractivity contribution in [3.05, 3.63) is 29.8 Å². The van der Waals surface area contributed by atoms with Crippen molar-refractivity contribution in [2.45, 2.75) is 102 Å². The summed E-state index contributed by atoms with van der Waals surface area (Å²) in [5.41, 5.74) is 1.32. The molecule has 3 nitrogen and oxygen atoms in total. The Balaban J connectivity index is 3.45. The van der Waals surface area contributed by atoms with Crippen LogP contribution >= 0.6 is 0 Å². The molecule has 1 aromatic carbocycles. The van der Waals surface area contributed by atoms with Crippen LogP contribution in [0.3, 0.4) is 0 Å². The second kappa shape index (κ2) is 13.4. The van der Waals surface area contributed by atoms with Crippen LogP contribution in [0, 0.1) is 0 Å². The average molecular weight is 530 g/mol. The quantitative estimate of drug-likeness (QED) is 0.259. The Morgan fingerprint density at radius 3 is 1.72 bits per heavy atom. The molecular weight excluding hydrogens is 485 g/mol. The van der Waals surface area contributed by atoms with E-state index in [0.29, 0.717) is 4.06 Å². The van der Waals surface area contributed by atoms with Gasteiger partial charge in [-0.3, -0.25) is 0 Å². The summed E-state index contributed by atoms with van der Waals surface area (Å²) in [6.45, 7) is 13.1. The fourth-order valence-corrected chi connectivity index (χ4v) is 24.3. The Hall–Kier alpha value is -0.0713. The van der Waals surface area contributed by atoms with Gasteiger partial charge < -0.3 is 0 Å². The normalized spacial score (nSPS) is 14.6. The number of unbranched alkanes of at least 4 members (excludes halogenated alkanes) is 3. The topological polar surface area (TPSA) is 38.3 Å². The van der Waals surface area contributed by atoms with Crippen LogP contribution in [0.5, 0.6) is 5.75 Å². The van der Waals surface area contributed by atoms with Gasteiger partial charge in [0.1, 0.15) is 0 Å². The summed E-state index contributed by atoms with van der Waals surface area (Å²) in [4.78, 5) is 0. The first kappa shape index (κ1) is 27.0. The molecule has 1 N–H and O–H groups in total. The molecule has 5 heteroatoms. The predicted molar refractivity (Wildman–Crippen MR) is 132 cm³/mol. The van der Waals surface area contributed by atoms with E-state index in [1.54, 1.807) is 7.11 Å². The van der Waals surface area contributed by atoms with E-state index in [-0.39, 0.29) is 4.75 Å². The number of rotatable bonds is 14. The Kier molecular flexibility index (Phi) is 12.4. The first-order valence-electron chi connectivity index (χ1n) is 11.6. The number of ether oxygens (including phenoxy) is 1. The van der Waals surface area contributed by atoms with Gasteiger partial charge in [0.25, 0.3) is 0 Å². The molecule has 0 saturated heterocycles. The van der Waals surface area contributed by atoms with Crippen LogP contribution in [0.2, 0.25) is 13.3 Å². The second-order valence-electron chi connectivity index (χ2n) is 9.38. The Morgan fingerprint density at radius 2 is 1.38 bits per heavy atom. The van der Waals surface area contributed by atoms with E-state index in [1.807, 2.05) is 0 Å². The minimum absolute atomic E-state index is 0.261. The Bertz CT molecular complexity index is 576. The van der Waals surface area contributed by atoms with Gasteiger partial charge in [-0.25, -0.2) is 0 Å². The van der Waals surface area contributed by atoms with Crippen molar-refractivity contribution in [2.75, 3.05) is 7.11 Å². The summed E-state index contributed by atoms with van der Waals surface area (Å²) >= 11 is -2.70. The molecule has 0 radical (unpaired) electrons. The fraction of sp³-hybridized carbons (Fsp3) is 0.750. The molecule has 0 amide bonds. The number of hydrogen-bond donors (Lipinski definition) is 1. The van der Waals surface area contributed by atoms with Gasteiger partial charge in [-0.2, -0.15) is 0 Å². The van der Waals surface area contributed by atoms with Gasteiger partial charge in [-0.05, 0) is 0 Å². The van der Waals surface area contributed by atoms with Crippen molar-refractivity contribution < 1.29 is 8.95 Å². The number of methoxy groups -OCH3 is 1. The molecule has 0 aliphatic heterocycles. The second-order valence-corrected chi connectivity index (χ2v) is 25.1. The number of hydrogen-bond acceptors (Lipinski definition) is 2. The first-order valence-corrected chi connectivity index (χ1v) is 20.4. The van der Waals surface area contributed by atoms with Crippen molar-refractivity contribution in [1.29, 1.82) is 0 Å². The van der Waals surface area contributed by atoms with Crippen LogP contribution in [0.4, 0.5) is 0 Å². The zero-order valence-corrected chi connectivity index (χ0v) is 23.6. The van der Waals surface area contributed by atoms with Crippen LogP contribution in [-0.2, 0) is 11.0 Å². The van der Waals surface area contributed by atoms with Crippen molar-refractivity contribution in [3.8, 4) is 5.75 Å². The maximum atomic E-state index is 13.2. The molecule has 0 fully saturated rings. The molecule has 0 saturated carbocycles. The Morgan fingerprint density at radius 1 is 0.931 bits per heavy atom. The molecule has 168 valence electrons. The SMILES string of the molecule is CCC[CH2][Sn]([CH2]CCC)([CH2]CCC)[C@@H](NS(=O)C(C)(C)C)c1ccc(OC)cc1. The molecule has 1 aromatic rings. The van der Waals surface area contributed by atoms with Gasteiger partial charge in [-0.1, -0.05) is 0 Å². The van der Waals surface area contributed by atoms with Crippen molar-refractivity contribution in [2.24, 2.45) is 0 Å². The summed E-state index contributed by atoms with van der Waals surface area (Å²) in [6.07, 6.45) is 7.65. The monoisotopic (exact) mass is 531 g/mol. The summed E-state index contributed by atoms with van der Waals surface area (Å²) in [7, 11) is 0.648. The molecule has 2 atom stereocenters.